The Morgan fingerprint density at radius 3 is 1.61 bits per heavy atom. The summed E-state index contributed by atoms with van der Waals surface area (Å²) >= 11 is 1.73. The molecule has 0 atom stereocenters. The van der Waals surface area contributed by atoms with Crippen molar-refractivity contribution in [3.8, 4) is 10.4 Å². The van der Waals surface area contributed by atoms with Gasteiger partial charge < -0.3 is 14.2 Å². The molecule has 1 aliphatic heterocycles. The second-order valence-electron chi connectivity index (χ2n) is 9.34. The second kappa shape index (κ2) is 8.49. The van der Waals surface area contributed by atoms with Crippen molar-refractivity contribution in [3.05, 3.63) is 97.1 Å². The quantitative estimate of drug-likeness (QED) is 0.299. The minimum Gasteiger partial charge on any atom is -0.399 e. The third-order valence-electron chi connectivity index (χ3n) is 6.55. The maximum absolute atomic E-state index is 6.23. The highest BCUT2D eigenvalue weighted by Crippen LogP contribution is 2.38. The predicted octanol–water partition coefficient (Wildman–Crippen LogP) is 7.18. The van der Waals surface area contributed by atoms with E-state index in [1.807, 2.05) is 12.1 Å². The zero-order valence-electron chi connectivity index (χ0n) is 19.5. The number of thiophene rings is 1. The van der Waals surface area contributed by atoms with Crippen LogP contribution in [0.3, 0.4) is 0 Å². The van der Waals surface area contributed by atoms with Gasteiger partial charge in [-0.3, -0.25) is 0 Å². The topological polar surface area (TPSA) is 21.7 Å². The van der Waals surface area contributed by atoms with Gasteiger partial charge in [-0.25, -0.2) is 0 Å². The van der Waals surface area contributed by atoms with Gasteiger partial charge in [0.1, 0.15) is 0 Å². The molecule has 166 valence electrons. The first-order chi connectivity index (χ1) is 15.8. The Balaban J connectivity index is 1.42. The van der Waals surface area contributed by atoms with Crippen LogP contribution in [0.25, 0.3) is 10.4 Å². The molecule has 0 saturated carbocycles. The van der Waals surface area contributed by atoms with Crippen LogP contribution in [-0.4, -0.2) is 18.3 Å². The van der Waals surface area contributed by atoms with Crippen molar-refractivity contribution in [2.45, 2.75) is 38.9 Å². The Hall–Kier alpha value is -2.86. The lowest BCUT2D eigenvalue weighted by atomic mass is 9.88. The third-order valence-corrected chi connectivity index (χ3v) is 7.71. The molecular weight excluding hydrogens is 425 g/mol. The van der Waals surface area contributed by atoms with E-state index in [0.717, 1.165) is 21.8 Å². The number of rotatable bonds is 5. The highest BCUT2D eigenvalue weighted by molar-refractivity contribution is 7.25. The molecule has 3 nitrogen and oxygen atoms in total. The maximum atomic E-state index is 6.23. The van der Waals surface area contributed by atoms with E-state index in [-0.39, 0.29) is 18.3 Å². The summed E-state index contributed by atoms with van der Waals surface area (Å²) in [6.45, 7) is 8.36. The summed E-state index contributed by atoms with van der Waals surface area (Å²) in [5.74, 6) is 0. The zero-order chi connectivity index (χ0) is 23.1. The van der Waals surface area contributed by atoms with Gasteiger partial charge >= 0.3 is 7.12 Å². The molecule has 0 spiro atoms. The fraction of sp³-hybridized carbons (Fsp3) is 0.214. The molecule has 0 unspecified atom stereocenters. The van der Waals surface area contributed by atoms with Gasteiger partial charge in [-0.05, 0) is 75.7 Å². The van der Waals surface area contributed by atoms with Gasteiger partial charge in [0.2, 0.25) is 0 Å². The van der Waals surface area contributed by atoms with E-state index >= 15 is 0 Å². The van der Waals surface area contributed by atoms with E-state index in [1.54, 1.807) is 11.3 Å². The third kappa shape index (κ3) is 4.24. The van der Waals surface area contributed by atoms with Crippen LogP contribution < -0.4 is 9.68 Å². The summed E-state index contributed by atoms with van der Waals surface area (Å²) in [4.78, 5) is 3.48. The Labute approximate surface area is 200 Å². The van der Waals surface area contributed by atoms with E-state index in [0.29, 0.717) is 0 Å². The van der Waals surface area contributed by atoms with Crippen LogP contribution in [0.4, 0.5) is 17.1 Å². The molecule has 1 fully saturated rings. The molecule has 0 N–H and O–H groups in total. The molecule has 5 rings (SSSR count). The van der Waals surface area contributed by atoms with E-state index in [9.17, 15) is 0 Å². The molecule has 0 radical (unpaired) electrons. The minimum atomic E-state index is -0.332. The lowest BCUT2D eigenvalue weighted by Gasteiger charge is -2.32. The average molecular weight is 453 g/mol. The highest BCUT2D eigenvalue weighted by atomic mass is 32.1. The van der Waals surface area contributed by atoms with Crippen LogP contribution in [0.5, 0.6) is 0 Å². The molecule has 0 amide bonds. The van der Waals surface area contributed by atoms with Gasteiger partial charge in [0.15, 0.2) is 0 Å². The summed E-state index contributed by atoms with van der Waals surface area (Å²) in [6, 6.07) is 33.9. The Bertz CT molecular complexity index is 1160. The van der Waals surface area contributed by atoms with Crippen molar-refractivity contribution < 1.29 is 9.31 Å². The average Bonchev–Trinajstić information content (AvgIpc) is 3.38. The SMILES string of the molecule is CC1(C)OB(c2ccc(-c3ccc(N(c4ccccc4)c4ccccc4)cc3)s2)OC1(C)C. The Morgan fingerprint density at radius 2 is 1.09 bits per heavy atom. The van der Waals surface area contributed by atoms with Gasteiger partial charge in [-0.2, -0.15) is 0 Å². The van der Waals surface area contributed by atoms with Crippen LogP contribution in [-0.2, 0) is 9.31 Å². The molecule has 1 aliphatic rings. The fourth-order valence-corrected chi connectivity index (χ4v) is 4.94. The molecule has 1 aromatic heterocycles. The van der Waals surface area contributed by atoms with Crippen LogP contribution in [0, 0.1) is 0 Å². The number of para-hydroxylation sites is 2. The maximum Gasteiger partial charge on any atom is 0.505 e. The van der Waals surface area contributed by atoms with Crippen molar-refractivity contribution in [2.24, 2.45) is 0 Å². The number of anilines is 3. The minimum absolute atomic E-state index is 0.320. The number of benzene rings is 3. The summed E-state index contributed by atoms with van der Waals surface area (Å²) in [6.07, 6.45) is 0. The molecule has 4 aromatic rings. The molecule has 2 heterocycles. The second-order valence-corrected chi connectivity index (χ2v) is 10.5. The number of hydrogen-bond donors (Lipinski definition) is 0. The first kappa shape index (κ1) is 22.0. The molecule has 33 heavy (non-hydrogen) atoms. The Kier molecular flexibility index (Phi) is 5.65. The number of nitrogens with zero attached hydrogens (tertiary/aromatic N) is 1. The van der Waals surface area contributed by atoms with Crippen molar-refractivity contribution in [3.63, 3.8) is 0 Å². The van der Waals surface area contributed by atoms with E-state index in [2.05, 4.69) is 118 Å². The normalized spacial score (nSPS) is 16.7. The van der Waals surface area contributed by atoms with Crippen molar-refractivity contribution in [1.29, 1.82) is 0 Å². The van der Waals surface area contributed by atoms with Gasteiger partial charge in [-0.15, -0.1) is 11.3 Å². The highest BCUT2D eigenvalue weighted by Gasteiger charge is 2.52. The first-order valence-corrected chi connectivity index (χ1v) is 12.1. The van der Waals surface area contributed by atoms with Crippen LogP contribution in [0.2, 0.25) is 0 Å². The largest absolute Gasteiger partial charge is 0.505 e. The summed E-state index contributed by atoms with van der Waals surface area (Å²) < 4.78 is 13.6. The standard InChI is InChI=1S/C28H28BNO2S/c1-27(2)28(3,4)32-29(31-27)26-20-19-25(33-26)21-15-17-24(18-16-21)30(22-11-7-5-8-12-22)23-13-9-6-10-14-23/h5-20H,1-4H3. The van der Waals surface area contributed by atoms with Crippen molar-refractivity contribution >= 4 is 40.3 Å². The summed E-state index contributed by atoms with van der Waals surface area (Å²) in [7, 11) is -0.320. The van der Waals surface area contributed by atoms with Gasteiger partial charge in [0, 0.05) is 26.7 Å². The lowest BCUT2D eigenvalue weighted by Crippen LogP contribution is -2.41. The van der Waals surface area contributed by atoms with Crippen LogP contribution in [0.1, 0.15) is 27.7 Å². The van der Waals surface area contributed by atoms with Gasteiger partial charge in [0.25, 0.3) is 0 Å². The smallest absolute Gasteiger partial charge is 0.399 e. The Morgan fingerprint density at radius 1 is 0.606 bits per heavy atom. The summed E-state index contributed by atoms with van der Waals surface area (Å²) in [5.41, 5.74) is 3.92. The van der Waals surface area contributed by atoms with E-state index in [4.69, 9.17) is 9.31 Å². The molecule has 5 heteroatoms. The predicted molar refractivity (Wildman–Crippen MR) is 140 cm³/mol. The zero-order valence-corrected chi connectivity index (χ0v) is 20.3. The van der Waals surface area contributed by atoms with Crippen molar-refractivity contribution in [2.75, 3.05) is 4.90 Å². The first-order valence-electron chi connectivity index (χ1n) is 11.3. The summed E-state index contributed by atoms with van der Waals surface area (Å²) in [5, 5.41) is 0. The molecule has 0 aliphatic carbocycles. The monoisotopic (exact) mass is 453 g/mol. The molecular formula is C28H28BNO2S. The van der Waals surface area contributed by atoms with Gasteiger partial charge in [-0.1, -0.05) is 54.6 Å². The molecule has 0 bridgehead atoms. The van der Waals surface area contributed by atoms with E-state index in [1.165, 1.54) is 10.4 Å². The van der Waals surface area contributed by atoms with E-state index < -0.39 is 0 Å². The van der Waals surface area contributed by atoms with Crippen LogP contribution in [0.15, 0.2) is 97.1 Å². The fourth-order valence-electron chi connectivity index (χ4n) is 3.97. The van der Waals surface area contributed by atoms with Crippen molar-refractivity contribution in [1.82, 2.24) is 0 Å². The molecule has 3 aromatic carbocycles. The number of hydrogen-bond acceptors (Lipinski definition) is 4. The van der Waals surface area contributed by atoms with Gasteiger partial charge in [0.05, 0.1) is 11.2 Å². The van der Waals surface area contributed by atoms with Crippen LogP contribution >= 0.6 is 11.3 Å². The molecule has 1 saturated heterocycles. The lowest BCUT2D eigenvalue weighted by molar-refractivity contribution is 0.00578.